The van der Waals surface area contributed by atoms with Gasteiger partial charge in [0.05, 0.1) is 6.61 Å². The second-order valence-corrected chi connectivity index (χ2v) is 4.83. The van der Waals surface area contributed by atoms with Gasteiger partial charge < -0.3 is 4.84 Å². The Morgan fingerprint density at radius 2 is 2.17 bits per heavy atom. The predicted molar refractivity (Wildman–Crippen MR) is 48.3 cm³/mol. The van der Waals surface area contributed by atoms with Gasteiger partial charge in [-0.3, -0.25) is 0 Å². The van der Waals surface area contributed by atoms with Crippen molar-refractivity contribution >= 4 is 0 Å². The van der Waals surface area contributed by atoms with E-state index in [-0.39, 0.29) is 0 Å². The summed E-state index contributed by atoms with van der Waals surface area (Å²) in [5, 5.41) is 0. The maximum atomic E-state index is 5.12. The van der Waals surface area contributed by atoms with Gasteiger partial charge in [0, 0.05) is 0 Å². The molecular weight excluding hydrogens is 150 g/mol. The van der Waals surface area contributed by atoms with E-state index in [2.05, 4.69) is 6.92 Å². The highest BCUT2D eigenvalue weighted by atomic mass is 16.6. The average Bonchev–Trinajstić information content (AvgIpc) is 2.79. The lowest BCUT2D eigenvalue weighted by Crippen LogP contribution is -2.17. The molecule has 0 spiro atoms. The third kappa shape index (κ3) is 1.80. The van der Waals surface area contributed by atoms with Crippen molar-refractivity contribution < 1.29 is 4.84 Å². The van der Waals surface area contributed by atoms with Gasteiger partial charge in [-0.1, -0.05) is 6.92 Å². The van der Waals surface area contributed by atoms with E-state index in [9.17, 15) is 0 Å². The molecule has 0 radical (unpaired) electrons. The fraction of sp³-hybridized carbons (Fsp3) is 1.00. The van der Waals surface area contributed by atoms with Crippen LogP contribution in [0.1, 0.15) is 39.0 Å². The molecule has 0 aromatic rings. The molecule has 2 aliphatic rings. The van der Waals surface area contributed by atoms with Crippen molar-refractivity contribution in [3.8, 4) is 0 Å². The Hall–Kier alpha value is -0.0800. The van der Waals surface area contributed by atoms with Crippen LogP contribution < -0.4 is 5.90 Å². The minimum absolute atomic E-state index is 0.497. The van der Waals surface area contributed by atoms with E-state index in [1.165, 1.54) is 32.1 Å². The first-order valence-electron chi connectivity index (χ1n) is 5.07. The molecule has 1 atom stereocenters. The van der Waals surface area contributed by atoms with Crippen LogP contribution in [-0.4, -0.2) is 6.61 Å². The lowest BCUT2D eigenvalue weighted by Gasteiger charge is -2.18. The summed E-state index contributed by atoms with van der Waals surface area (Å²) in [5.41, 5.74) is 0.497. The van der Waals surface area contributed by atoms with Crippen molar-refractivity contribution in [1.82, 2.24) is 0 Å². The highest BCUT2D eigenvalue weighted by molar-refractivity contribution is 4.96. The van der Waals surface area contributed by atoms with Gasteiger partial charge in [-0.2, -0.15) is 0 Å². The van der Waals surface area contributed by atoms with E-state index >= 15 is 0 Å². The lowest BCUT2D eigenvalue weighted by molar-refractivity contribution is 0.0800. The van der Waals surface area contributed by atoms with Crippen molar-refractivity contribution in [3.63, 3.8) is 0 Å². The van der Waals surface area contributed by atoms with E-state index in [1.807, 2.05) is 0 Å². The monoisotopic (exact) mass is 169 g/mol. The Morgan fingerprint density at radius 3 is 2.58 bits per heavy atom. The first-order valence-corrected chi connectivity index (χ1v) is 5.07. The van der Waals surface area contributed by atoms with Gasteiger partial charge in [0.25, 0.3) is 0 Å². The number of hydrogen-bond donors (Lipinski definition) is 1. The number of nitrogens with two attached hydrogens (primary N) is 1. The molecule has 2 rings (SSSR count). The zero-order valence-corrected chi connectivity index (χ0v) is 7.88. The molecule has 2 saturated carbocycles. The van der Waals surface area contributed by atoms with Crippen LogP contribution in [-0.2, 0) is 4.84 Å². The molecule has 0 heterocycles. The van der Waals surface area contributed by atoms with Gasteiger partial charge in [-0.05, 0) is 49.4 Å². The molecule has 2 N–H and O–H groups in total. The second kappa shape index (κ2) is 3.00. The summed E-state index contributed by atoms with van der Waals surface area (Å²) < 4.78 is 0. The topological polar surface area (TPSA) is 35.2 Å². The Balaban J connectivity index is 1.76. The van der Waals surface area contributed by atoms with Gasteiger partial charge >= 0.3 is 0 Å². The Kier molecular flexibility index (Phi) is 2.13. The zero-order chi connectivity index (χ0) is 8.60. The van der Waals surface area contributed by atoms with Gasteiger partial charge in [0.1, 0.15) is 0 Å². The van der Waals surface area contributed by atoms with Crippen LogP contribution in [0, 0.1) is 17.3 Å². The normalized spacial score (nSPS) is 28.5. The molecule has 0 bridgehead atoms. The Labute approximate surface area is 74.4 Å². The summed E-state index contributed by atoms with van der Waals surface area (Å²) in [6.07, 6.45) is 6.93. The fourth-order valence-corrected chi connectivity index (χ4v) is 2.28. The number of hydrogen-bond acceptors (Lipinski definition) is 2. The standard InChI is InChI=1S/C10H19NO/c1-8(9-2-3-9)6-10(4-5-10)7-12-11/h8-9H,2-7,11H2,1H3. The molecule has 2 aliphatic carbocycles. The summed E-state index contributed by atoms with van der Waals surface area (Å²) >= 11 is 0. The van der Waals surface area contributed by atoms with Crippen LogP contribution in [0.3, 0.4) is 0 Å². The van der Waals surface area contributed by atoms with Crippen LogP contribution in [0.15, 0.2) is 0 Å². The van der Waals surface area contributed by atoms with E-state index in [0.717, 1.165) is 18.4 Å². The average molecular weight is 169 g/mol. The first kappa shape index (κ1) is 8.52. The molecule has 0 aliphatic heterocycles. The summed E-state index contributed by atoms with van der Waals surface area (Å²) in [4.78, 5) is 4.77. The van der Waals surface area contributed by atoms with Gasteiger partial charge in [-0.25, -0.2) is 5.90 Å². The van der Waals surface area contributed by atoms with Crippen LogP contribution in [0.5, 0.6) is 0 Å². The summed E-state index contributed by atoms with van der Waals surface area (Å²) in [6, 6.07) is 0. The molecular formula is C10H19NO. The van der Waals surface area contributed by atoms with Crippen molar-refractivity contribution in [2.45, 2.75) is 39.0 Å². The Morgan fingerprint density at radius 1 is 1.50 bits per heavy atom. The highest BCUT2D eigenvalue weighted by Gasteiger charge is 2.45. The van der Waals surface area contributed by atoms with Gasteiger partial charge in [0.2, 0.25) is 0 Å². The molecule has 0 amide bonds. The van der Waals surface area contributed by atoms with Crippen LogP contribution in [0.4, 0.5) is 0 Å². The summed E-state index contributed by atoms with van der Waals surface area (Å²) in [6.45, 7) is 3.16. The first-order chi connectivity index (χ1) is 5.76. The second-order valence-electron chi connectivity index (χ2n) is 4.83. The van der Waals surface area contributed by atoms with Crippen LogP contribution >= 0.6 is 0 Å². The molecule has 2 heteroatoms. The number of rotatable bonds is 5. The van der Waals surface area contributed by atoms with Crippen LogP contribution in [0.25, 0.3) is 0 Å². The molecule has 0 saturated heterocycles. The van der Waals surface area contributed by atoms with Crippen molar-refractivity contribution in [2.24, 2.45) is 23.1 Å². The van der Waals surface area contributed by atoms with Crippen molar-refractivity contribution in [3.05, 3.63) is 0 Å². The molecule has 12 heavy (non-hydrogen) atoms. The molecule has 2 nitrogen and oxygen atoms in total. The molecule has 2 fully saturated rings. The molecule has 0 aromatic heterocycles. The summed E-state index contributed by atoms with van der Waals surface area (Å²) in [7, 11) is 0. The van der Waals surface area contributed by atoms with E-state index in [1.54, 1.807) is 0 Å². The maximum absolute atomic E-state index is 5.12. The van der Waals surface area contributed by atoms with E-state index in [0.29, 0.717) is 5.41 Å². The smallest absolute Gasteiger partial charge is 0.0735 e. The van der Waals surface area contributed by atoms with Gasteiger partial charge in [0.15, 0.2) is 0 Å². The maximum Gasteiger partial charge on any atom is 0.0735 e. The van der Waals surface area contributed by atoms with Gasteiger partial charge in [-0.15, -0.1) is 0 Å². The van der Waals surface area contributed by atoms with Crippen molar-refractivity contribution in [2.75, 3.05) is 6.61 Å². The molecule has 1 unspecified atom stereocenters. The fourth-order valence-electron chi connectivity index (χ4n) is 2.28. The zero-order valence-electron chi connectivity index (χ0n) is 7.88. The lowest BCUT2D eigenvalue weighted by atomic mass is 9.90. The molecule has 70 valence electrons. The quantitative estimate of drug-likeness (QED) is 0.640. The third-order valence-electron chi connectivity index (χ3n) is 3.53. The van der Waals surface area contributed by atoms with E-state index < -0.39 is 0 Å². The minimum atomic E-state index is 0.497. The van der Waals surface area contributed by atoms with Crippen molar-refractivity contribution in [1.29, 1.82) is 0 Å². The third-order valence-corrected chi connectivity index (χ3v) is 3.53. The SMILES string of the molecule is CC(CC1(CON)CC1)C1CC1. The summed E-state index contributed by atoms with van der Waals surface area (Å²) in [5.74, 6) is 7.06. The van der Waals surface area contributed by atoms with Crippen LogP contribution in [0.2, 0.25) is 0 Å². The minimum Gasteiger partial charge on any atom is -0.304 e. The molecule has 0 aromatic carbocycles. The highest BCUT2D eigenvalue weighted by Crippen LogP contribution is 2.53. The Bertz CT molecular complexity index is 161. The largest absolute Gasteiger partial charge is 0.304 e. The predicted octanol–water partition coefficient (Wildman–Crippen LogP) is 2.09. The van der Waals surface area contributed by atoms with E-state index in [4.69, 9.17) is 10.7 Å².